The lowest BCUT2D eigenvalue weighted by Crippen LogP contribution is -2.37. The third kappa shape index (κ3) is 4.67. The highest BCUT2D eigenvalue weighted by atomic mass is 19.1. The van der Waals surface area contributed by atoms with Crippen LogP contribution in [-0.4, -0.2) is 24.5 Å². The third-order valence-corrected chi connectivity index (χ3v) is 7.06. The fourth-order valence-corrected chi connectivity index (χ4v) is 5.23. The summed E-state index contributed by atoms with van der Waals surface area (Å²) in [5.41, 5.74) is 2.76. The number of fused-ring (bicyclic) bond motifs is 1. The molecular formula is C32H27FN2O5. The molecule has 0 aliphatic carbocycles. The van der Waals surface area contributed by atoms with Gasteiger partial charge in [-0.2, -0.15) is 0 Å². The zero-order chi connectivity index (χ0) is 27.6. The molecule has 0 radical (unpaired) electrons. The zero-order valence-electron chi connectivity index (χ0n) is 21.8. The maximum atomic E-state index is 13.8. The minimum Gasteiger partial charge on any atom is -0.490 e. The van der Waals surface area contributed by atoms with Gasteiger partial charge in [-0.05, 0) is 66.6 Å². The van der Waals surface area contributed by atoms with Gasteiger partial charge in [0.05, 0.1) is 24.0 Å². The Morgan fingerprint density at radius 3 is 2.17 bits per heavy atom. The van der Waals surface area contributed by atoms with Crippen LogP contribution in [-0.2, 0) is 21.0 Å². The van der Waals surface area contributed by atoms with Gasteiger partial charge in [0, 0.05) is 0 Å². The predicted molar refractivity (Wildman–Crippen MR) is 147 cm³/mol. The number of halogens is 1. The van der Waals surface area contributed by atoms with Gasteiger partial charge >= 0.3 is 0 Å². The number of carbonyl (C=O) groups is 2. The lowest BCUT2D eigenvalue weighted by Gasteiger charge is -2.29. The highest BCUT2D eigenvalue weighted by Gasteiger charge is 2.60. The summed E-state index contributed by atoms with van der Waals surface area (Å²) < 4.78 is 25.6. The molecule has 0 bridgehead atoms. The number of hydrogen-bond donors (Lipinski definition) is 0. The molecule has 2 heterocycles. The van der Waals surface area contributed by atoms with E-state index in [4.69, 9.17) is 14.3 Å². The number of rotatable bonds is 8. The molecule has 8 heteroatoms. The molecule has 3 atom stereocenters. The number of benzene rings is 4. The van der Waals surface area contributed by atoms with Crippen molar-refractivity contribution in [3.8, 4) is 11.5 Å². The summed E-state index contributed by atoms with van der Waals surface area (Å²) in [4.78, 5) is 34.6. The molecule has 2 amide bonds. The molecule has 2 saturated heterocycles. The van der Waals surface area contributed by atoms with E-state index >= 15 is 0 Å². The molecule has 7 nitrogen and oxygen atoms in total. The first-order valence-electron chi connectivity index (χ1n) is 13.1. The first-order chi connectivity index (χ1) is 19.5. The summed E-state index contributed by atoms with van der Waals surface area (Å²) in [5, 5.41) is 1.63. The zero-order valence-corrected chi connectivity index (χ0v) is 21.8. The summed E-state index contributed by atoms with van der Waals surface area (Å²) in [6, 6.07) is 29.3. The second-order valence-corrected chi connectivity index (χ2v) is 9.56. The molecule has 4 aromatic carbocycles. The first-order valence-corrected chi connectivity index (χ1v) is 13.1. The van der Waals surface area contributed by atoms with Gasteiger partial charge in [0.2, 0.25) is 5.91 Å². The van der Waals surface area contributed by atoms with E-state index in [1.54, 1.807) is 5.06 Å². The maximum absolute atomic E-state index is 13.8. The SMILES string of the molecule is CCOc1cc([C@@H]2[C@@H]3C(=O)N(c4ccc(F)cc4)C(=O)[C@@H]3ON2c2ccccc2)ccc1OCc1ccccc1. The summed E-state index contributed by atoms with van der Waals surface area (Å²) >= 11 is 0. The van der Waals surface area contributed by atoms with Crippen molar-refractivity contribution in [2.75, 3.05) is 16.6 Å². The van der Waals surface area contributed by atoms with Crippen molar-refractivity contribution >= 4 is 23.2 Å². The van der Waals surface area contributed by atoms with E-state index < -0.39 is 35.7 Å². The van der Waals surface area contributed by atoms with Crippen molar-refractivity contribution in [1.29, 1.82) is 0 Å². The van der Waals surface area contributed by atoms with Crippen molar-refractivity contribution in [2.45, 2.75) is 25.7 Å². The number of hydroxylamine groups is 1. The molecule has 0 aromatic heterocycles. The fourth-order valence-electron chi connectivity index (χ4n) is 5.23. The van der Waals surface area contributed by atoms with Crippen LogP contribution in [0.2, 0.25) is 0 Å². The van der Waals surface area contributed by atoms with E-state index in [1.807, 2.05) is 85.8 Å². The van der Waals surface area contributed by atoms with Crippen LogP contribution >= 0.6 is 0 Å². The molecule has 0 N–H and O–H groups in total. The Labute approximate surface area is 231 Å². The summed E-state index contributed by atoms with van der Waals surface area (Å²) in [5.74, 6) is -1.09. The van der Waals surface area contributed by atoms with Crippen molar-refractivity contribution < 1.29 is 28.3 Å². The number of anilines is 2. The Morgan fingerprint density at radius 1 is 0.775 bits per heavy atom. The van der Waals surface area contributed by atoms with Crippen LogP contribution in [0, 0.1) is 11.7 Å². The molecule has 0 unspecified atom stereocenters. The summed E-state index contributed by atoms with van der Waals surface area (Å²) in [6.07, 6.45) is -1.03. The van der Waals surface area contributed by atoms with Crippen LogP contribution in [0.5, 0.6) is 11.5 Å². The predicted octanol–water partition coefficient (Wildman–Crippen LogP) is 5.85. The van der Waals surface area contributed by atoms with Crippen LogP contribution in [0.15, 0.2) is 103 Å². The molecule has 6 rings (SSSR count). The Morgan fingerprint density at radius 2 is 1.48 bits per heavy atom. The molecule has 2 aliphatic heterocycles. The van der Waals surface area contributed by atoms with Crippen LogP contribution < -0.4 is 19.4 Å². The largest absolute Gasteiger partial charge is 0.490 e. The lowest BCUT2D eigenvalue weighted by atomic mass is 9.90. The minimum atomic E-state index is -1.03. The summed E-state index contributed by atoms with van der Waals surface area (Å²) in [6.45, 7) is 2.67. The number of hydrogen-bond acceptors (Lipinski definition) is 6. The molecule has 2 fully saturated rings. The number of amides is 2. The summed E-state index contributed by atoms with van der Waals surface area (Å²) in [7, 11) is 0. The quantitative estimate of drug-likeness (QED) is 0.262. The molecule has 0 spiro atoms. The minimum absolute atomic E-state index is 0.305. The van der Waals surface area contributed by atoms with E-state index in [0.29, 0.717) is 36.1 Å². The number of ether oxygens (including phenoxy) is 2. The van der Waals surface area contributed by atoms with Gasteiger partial charge in [-0.3, -0.25) is 14.4 Å². The number of imide groups is 1. The third-order valence-electron chi connectivity index (χ3n) is 7.06. The van der Waals surface area contributed by atoms with Gasteiger partial charge in [-0.1, -0.05) is 54.6 Å². The second kappa shape index (κ2) is 10.8. The van der Waals surface area contributed by atoms with E-state index in [2.05, 4.69) is 0 Å². The smallest absolute Gasteiger partial charge is 0.266 e. The Bertz CT molecular complexity index is 1510. The lowest BCUT2D eigenvalue weighted by molar-refractivity contribution is -0.126. The van der Waals surface area contributed by atoms with Gasteiger partial charge in [-0.15, -0.1) is 0 Å². The average Bonchev–Trinajstić information content (AvgIpc) is 3.49. The Balaban J connectivity index is 1.37. The maximum Gasteiger partial charge on any atom is 0.266 e. The first kappa shape index (κ1) is 25.6. The van der Waals surface area contributed by atoms with Gasteiger partial charge in [0.15, 0.2) is 17.6 Å². The Hall–Kier alpha value is -4.69. The van der Waals surface area contributed by atoms with Crippen molar-refractivity contribution in [3.63, 3.8) is 0 Å². The molecule has 2 aliphatic rings. The van der Waals surface area contributed by atoms with Gasteiger partial charge < -0.3 is 9.47 Å². The number of nitrogens with zero attached hydrogens (tertiary/aromatic N) is 2. The van der Waals surface area contributed by atoms with Crippen molar-refractivity contribution in [3.05, 3.63) is 120 Å². The van der Waals surface area contributed by atoms with Crippen molar-refractivity contribution in [1.82, 2.24) is 0 Å². The van der Waals surface area contributed by atoms with Gasteiger partial charge in [-0.25, -0.2) is 14.4 Å². The van der Waals surface area contributed by atoms with Crippen LogP contribution in [0.4, 0.5) is 15.8 Å². The van der Waals surface area contributed by atoms with E-state index in [9.17, 15) is 14.0 Å². The van der Waals surface area contributed by atoms with Gasteiger partial charge in [0.1, 0.15) is 18.3 Å². The van der Waals surface area contributed by atoms with Gasteiger partial charge in [0.25, 0.3) is 5.91 Å². The Kier molecular flexibility index (Phi) is 6.92. The molecule has 4 aromatic rings. The molecule has 40 heavy (non-hydrogen) atoms. The monoisotopic (exact) mass is 538 g/mol. The number of carbonyl (C=O) groups excluding carboxylic acids is 2. The van der Waals surface area contributed by atoms with E-state index in [0.717, 1.165) is 16.0 Å². The average molecular weight is 539 g/mol. The highest BCUT2D eigenvalue weighted by Crippen LogP contribution is 2.48. The highest BCUT2D eigenvalue weighted by molar-refractivity contribution is 6.23. The normalized spacial score (nSPS) is 20.1. The standard InChI is InChI=1S/C32H27FN2O5/c1-2-38-27-19-22(13-18-26(27)39-20-21-9-5-3-6-10-21)29-28-30(40-35(29)25-11-7-4-8-12-25)32(37)34(31(28)36)24-16-14-23(33)15-17-24/h3-19,28-30H,2,20H2,1H3/t28-,29+,30+/m0/s1. The molecule has 202 valence electrons. The topological polar surface area (TPSA) is 68.3 Å². The number of para-hydroxylation sites is 1. The molecule has 0 saturated carbocycles. The van der Waals surface area contributed by atoms with Crippen LogP contribution in [0.3, 0.4) is 0 Å². The van der Waals surface area contributed by atoms with Crippen molar-refractivity contribution in [2.24, 2.45) is 5.92 Å². The van der Waals surface area contributed by atoms with Crippen LogP contribution in [0.25, 0.3) is 0 Å². The van der Waals surface area contributed by atoms with E-state index in [-0.39, 0.29) is 0 Å². The van der Waals surface area contributed by atoms with Crippen LogP contribution in [0.1, 0.15) is 24.1 Å². The molecular weight excluding hydrogens is 511 g/mol. The fraction of sp³-hybridized carbons (Fsp3) is 0.188. The second-order valence-electron chi connectivity index (χ2n) is 9.56. The van der Waals surface area contributed by atoms with E-state index in [1.165, 1.54) is 24.3 Å².